The summed E-state index contributed by atoms with van der Waals surface area (Å²) in [5, 5.41) is 13.3. The number of thioether (sulfide) groups is 1. The lowest BCUT2D eigenvalue weighted by Crippen LogP contribution is -2.20. The van der Waals surface area contributed by atoms with Crippen molar-refractivity contribution in [2.45, 2.75) is 5.16 Å². The maximum atomic E-state index is 12.3. The van der Waals surface area contributed by atoms with Crippen molar-refractivity contribution in [3.8, 4) is 28.6 Å². The number of ether oxygens (including phenoxy) is 2. The van der Waals surface area contributed by atoms with E-state index >= 15 is 0 Å². The zero-order valence-electron chi connectivity index (χ0n) is 18.6. The van der Waals surface area contributed by atoms with Gasteiger partial charge in [-0.05, 0) is 66.2 Å². The number of hydrogen-bond donors (Lipinski definition) is 1. The number of nitrogens with one attached hydrogen (secondary N) is 1. The molecule has 10 heteroatoms. The summed E-state index contributed by atoms with van der Waals surface area (Å²) in [6.45, 7) is 0. The van der Waals surface area contributed by atoms with Gasteiger partial charge in [-0.1, -0.05) is 11.8 Å². The number of amides is 1. The first-order valence-corrected chi connectivity index (χ1v) is 11.3. The van der Waals surface area contributed by atoms with E-state index in [1.54, 1.807) is 45.0 Å². The van der Waals surface area contributed by atoms with Gasteiger partial charge in [-0.15, -0.1) is 10.2 Å². The Labute approximate surface area is 200 Å². The minimum Gasteiger partial charge on any atom is -0.497 e. The molecule has 0 radical (unpaired) electrons. The van der Waals surface area contributed by atoms with Crippen LogP contribution in [-0.4, -0.2) is 51.8 Å². The number of aromatic nitrogens is 4. The molecule has 0 aliphatic rings. The van der Waals surface area contributed by atoms with Gasteiger partial charge in [-0.25, -0.2) is 5.43 Å². The van der Waals surface area contributed by atoms with Gasteiger partial charge < -0.3 is 9.47 Å². The molecule has 1 N–H and O–H groups in total. The second kappa shape index (κ2) is 11.1. The van der Waals surface area contributed by atoms with E-state index in [0.717, 1.165) is 28.3 Å². The summed E-state index contributed by atoms with van der Waals surface area (Å²) in [7, 11) is 3.24. The van der Waals surface area contributed by atoms with E-state index in [4.69, 9.17) is 9.47 Å². The molecule has 172 valence electrons. The third kappa shape index (κ3) is 5.59. The molecule has 0 spiro atoms. The topological polar surface area (TPSA) is 104 Å². The van der Waals surface area contributed by atoms with Gasteiger partial charge in [0.25, 0.3) is 5.91 Å². The molecule has 2 aromatic heterocycles. The number of methoxy groups -OCH3 is 2. The Morgan fingerprint density at radius 3 is 2.26 bits per heavy atom. The molecule has 0 unspecified atom stereocenters. The van der Waals surface area contributed by atoms with Crippen LogP contribution in [0.4, 0.5) is 0 Å². The summed E-state index contributed by atoms with van der Waals surface area (Å²) in [5.41, 5.74) is 5.07. The van der Waals surface area contributed by atoms with E-state index in [2.05, 4.69) is 25.7 Å². The standard InChI is InChI=1S/C24H22N6O3S/c1-32-20-7-3-18(4-8-20)23-28-29-24(30(23)19-5-9-21(33-2)10-6-19)34-16-22(31)27-26-15-17-11-13-25-14-12-17/h3-15H,16H2,1-2H3,(H,27,31)/b26-15+. The lowest BCUT2D eigenvalue weighted by atomic mass is 10.2. The minimum absolute atomic E-state index is 0.116. The first kappa shape index (κ1) is 23.0. The molecule has 2 heterocycles. The highest BCUT2D eigenvalue weighted by Crippen LogP contribution is 2.29. The average molecular weight is 475 g/mol. The van der Waals surface area contributed by atoms with Crippen LogP contribution in [-0.2, 0) is 4.79 Å². The van der Waals surface area contributed by atoms with Crippen molar-refractivity contribution in [2.75, 3.05) is 20.0 Å². The van der Waals surface area contributed by atoms with Crippen molar-refractivity contribution in [1.82, 2.24) is 25.2 Å². The molecular weight excluding hydrogens is 452 g/mol. The second-order valence-corrected chi connectivity index (χ2v) is 7.87. The predicted molar refractivity (Wildman–Crippen MR) is 131 cm³/mol. The Morgan fingerprint density at radius 2 is 1.62 bits per heavy atom. The monoisotopic (exact) mass is 474 g/mol. The van der Waals surface area contributed by atoms with Crippen LogP contribution in [0, 0.1) is 0 Å². The van der Waals surface area contributed by atoms with E-state index < -0.39 is 0 Å². The Hall–Kier alpha value is -4.18. The summed E-state index contributed by atoms with van der Waals surface area (Å²) in [6, 6.07) is 18.7. The number of carbonyl (C=O) groups excluding carboxylic acids is 1. The van der Waals surface area contributed by atoms with Crippen LogP contribution >= 0.6 is 11.8 Å². The summed E-state index contributed by atoms with van der Waals surface area (Å²) in [6.07, 6.45) is 4.88. The van der Waals surface area contributed by atoms with Gasteiger partial charge in [0.2, 0.25) is 0 Å². The van der Waals surface area contributed by atoms with Gasteiger partial charge >= 0.3 is 0 Å². The molecule has 1 amide bonds. The first-order valence-electron chi connectivity index (χ1n) is 10.3. The second-order valence-electron chi connectivity index (χ2n) is 6.93. The van der Waals surface area contributed by atoms with Gasteiger partial charge in [-0.3, -0.25) is 14.3 Å². The van der Waals surface area contributed by atoms with Gasteiger partial charge in [0.1, 0.15) is 11.5 Å². The molecule has 0 aliphatic carbocycles. The Kier molecular flexibility index (Phi) is 7.51. The molecule has 2 aromatic carbocycles. The van der Waals surface area contributed by atoms with Crippen molar-refractivity contribution in [3.63, 3.8) is 0 Å². The van der Waals surface area contributed by atoms with Crippen LogP contribution in [0.1, 0.15) is 5.56 Å². The number of rotatable bonds is 9. The van der Waals surface area contributed by atoms with Gasteiger partial charge in [0, 0.05) is 23.6 Å². The molecule has 0 atom stereocenters. The molecule has 0 fully saturated rings. The normalized spacial score (nSPS) is 10.9. The Morgan fingerprint density at radius 1 is 0.971 bits per heavy atom. The quantitative estimate of drug-likeness (QED) is 0.225. The van der Waals surface area contributed by atoms with E-state index in [-0.39, 0.29) is 11.7 Å². The summed E-state index contributed by atoms with van der Waals surface area (Å²) >= 11 is 1.27. The SMILES string of the molecule is COc1ccc(-c2nnc(SCC(=O)N/N=C/c3ccncc3)n2-c2ccc(OC)cc2)cc1. The van der Waals surface area contributed by atoms with E-state index in [9.17, 15) is 4.79 Å². The molecule has 0 saturated carbocycles. The molecule has 0 saturated heterocycles. The third-order valence-electron chi connectivity index (χ3n) is 4.75. The van der Waals surface area contributed by atoms with E-state index in [0.29, 0.717) is 11.0 Å². The van der Waals surface area contributed by atoms with Crippen LogP contribution < -0.4 is 14.9 Å². The molecule has 34 heavy (non-hydrogen) atoms. The maximum absolute atomic E-state index is 12.3. The number of carbonyl (C=O) groups is 1. The summed E-state index contributed by atoms with van der Waals surface area (Å²) < 4.78 is 12.4. The maximum Gasteiger partial charge on any atom is 0.250 e. The van der Waals surface area contributed by atoms with Crippen LogP contribution in [0.15, 0.2) is 83.3 Å². The zero-order chi connectivity index (χ0) is 23.8. The van der Waals surface area contributed by atoms with Crippen molar-refractivity contribution in [1.29, 1.82) is 0 Å². The largest absolute Gasteiger partial charge is 0.497 e. The van der Waals surface area contributed by atoms with Crippen molar-refractivity contribution >= 4 is 23.9 Å². The van der Waals surface area contributed by atoms with Crippen LogP contribution in [0.2, 0.25) is 0 Å². The summed E-state index contributed by atoms with van der Waals surface area (Å²) in [5.74, 6) is 1.99. The molecule has 4 rings (SSSR count). The smallest absolute Gasteiger partial charge is 0.250 e. The lowest BCUT2D eigenvalue weighted by molar-refractivity contribution is -0.118. The van der Waals surface area contributed by atoms with Crippen molar-refractivity contribution < 1.29 is 14.3 Å². The molecule has 4 aromatic rings. The van der Waals surface area contributed by atoms with Crippen LogP contribution in [0.5, 0.6) is 11.5 Å². The number of pyridine rings is 1. The van der Waals surface area contributed by atoms with Gasteiger partial charge in [-0.2, -0.15) is 5.10 Å². The van der Waals surface area contributed by atoms with Crippen LogP contribution in [0.3, 0.4) is 0 Å². The number of hydrazone groups is 1. The Bertz CT molecular complexity index is 1260. The number of nitrogens with zero attached hydrogens (tertiary/aromatic N) is 5. The highest BCUT2D eigenvalue weighted by Gasteiger charge is 2.17. The fourth-order valence-electron chi connectivity index (χ4n) is 3.05. The lowest BCUT2D eigenvalue weighted by Gasteiger charge is -2.11. The van der Waals surface area contributed by atoms with Gasteiger partial charge in [0.15, 0.2) is 11.0 Å². The predicted octanol–water partition coefficient (Wildman–Crippen LogP) is 3.59. The van der Waals surface area contributed by atoms with Crippen molar-refractivity contribution in [3.05, 3.63) is 78.6 Å². The fourth-order valence-corrected chi connectivity index (χ4v) is 3.79. The first-order chi connectivity index (χ1) is 16.7. The Balaban J connectivity index is 1.54. The highest BCUT2D eigenvalue weighted by atomic mass is 32.2. The number of benzene rings is 2. The summed E-state index contributed by atoms with van der Waals surface area (Å²) in [4.78, 5) is 16.3. The molecule has 9 nitrogen and oxygen atoms in total. The number of hydrogen-bond acceptors (Lipinski definition) is 8. The molecular formula is C24H22N6O3S. The average Bonchev–Trinajstić information content (AvgIpc) is 3.32. The van der Waals surface area contributed by atoms with E-state index in [1.165, 1.54) is 11.8 Å². The molecule has 0 aliphatic heterocycles. The van der Waals surface area contributed by atoms with E-state index in [1.807, 2.05) is 53.1 Å². The highest BCUT2D eigenvalue weighted by molar-refractivity contribution is 7.99. The zero-order valence-corrected chi connectivity index (χ0v) is 19.4. The fraction of sp³-hybridized carbons (Fsp3) is 0.125. The minimum atomic E-state index is -0.259. The third-order valence-corrected chi connectivity index (χ3v) is 5.68. The van der Waals surface area contributed by atoms with Gasteiger partial charge in [0.05, 0.1) is 26.2 Å². The van der Waals surface area contributed by atoms with Crippen molar-refractivity contribution in [2.24, 2.45) is 5.10 Å². The molecule has 0 bridgehead atoms. The van der Waals surface area contributed by atoms with Crippen LogP contribution in [0.25, 0.3) is 17.1 Å².